The lowest BCUT2D eigenvalue weighted by Gasteiger charge is -2.00. The zero-order valence-electron chi connectivity index (χ0n) is 11.0. The van der Waals surface area contributed by atoms with Crippen LogP contribution in [-0.2, 0) is 11.2 Å². The van der Waals surface area contributed by atoms with Gasteiger partial charge in [-0.25, -0.2) is 4.79 Å². The summed E-state index contributed by atoms with van der Waals surface area (Å²) in [5.41, 5.74) is 2.02. The van der Waals surface area contributed by atoms with Gasteiger partial charge in [0.2, 0.25) is 0 Å². The molecule has 0 aliphatic heterocycles. The predicted octanol–water partition coefficient (Wildman–Crippen LogP) is 3.58. The van der Waals surface area contributed by atoms with Gasteiger partial charge in [0.1, 0.15) is 11.6 Å². The van der Waals surface area contributed by atoms with Crippen molar-refractivity contribution in [3.63, 3.8) is 0 Å². The lowest BCUT2D eigenvalue weighted by Crippen LogP contribution is -1.96. The molecule has 0 spiro atoms. The number of carboxylic acids is 1. The van der Waals surface area contributed by atoms with E-state index >= 15 is 0 Å². The van der Waals surface area contributed by atoms with Crippen LogP contribution in [0.3, 0.4) is 0 Å². The second-order valence-electron chi connectivity index (χ2n) is 4.20. The third-order valence-corrected chi connectivity index (χ3v) is 2.70. The van der Waals surface area contributed by atoms with Gasteiger partial charge in [-0.05, 0) is 30.0 Å². The van der Waals surface area contributed by atoms with Gasteiger partial charge in [0.15, 0.2) is 0 Å². The highest BCUT2D eigenvalue weighted by Crippen LogP contribution is 2.09. The summed E-state index contributed by atoms with van der Waals surface area (Å²) < 4.78 is 0. The van der Waals surface area contributed by atoms with Crippen LogP contribution >= 0.6 is 0 Å². The van der Waals surface area contributed by atoms with Crippen molar-refractivity contribution in [1.82, 2.24) is 0 Å². The van der Waals surface area contributed by atoms with Crippen LogP contribution in [0.2, 0.25) is 0 Å². The molecule has 0 radical (unpaired) electrons. The Kier molecular flexibility index (Phi) is 6.11. The molecule has 19 heavy (non-hydrogen) atoms. The number of aryl methyl sites for hydroxylation is 1. The first kappa shape index (κ1) is 14.7. The fourth-order valence-electron chi connectivity index (χ4n) is 1.59. The van der Waals surface area contributed by atoms with Gasteiger partial charge >= 0.3 is 5.97 Å². The Bertz CT molecular complexity index is 519. The van der Waals surface area contributed by atoms with Crippen molar-refractivity contribution >= 4 is 12.0 Å². The first-order valence-corrected chi connectivity index (χ1v) is 6.28. The minimum Gasteiger partial charge on any atom is -0.477 e. The number of nitrogens with zero attached hydrogens (tertiary/aromatic N) is 1. The van der Waals surface area contributed by atoms with Gasteiger partial charge in [-0.3, -0.25) is 0 Å². The Morgan fingerprint density at radius 1 is 1.37 bits per heavy atom. The molecule has 1 aromatic carbocycles. The Balaban J connectivity index is 2.68. The van der Waals surface area contributed by atoms with Gasteiger partial charge in [-0.1, -0.05) is 49.8 Å². The summed E-state index contributed by atoms with van der Waals surface area (Å²) in [5, 5.41) is 17.2. The Hall–Kier alpha value is -2.34. The molecule has 0 aliphatic carbocycles. The molecule has 0 aromatic heterocycles. The first-order valence-electron chi connectivity index (χ1n) is 6.28. The molecular formula is C16H17NO2. The van der Waals surface area contributed by atoms with Gasteiger partial charge in [-0.15, -0.1) is 0 Å². The van der Waals surface area contributed by atoms with Crippen LogP contribution < -0.4 is 0 Å². The van der Waals surface area contributed by atoms with E-state index in [0.717, 1.165) is 12.0 Å². The van der Waals surface area contributed by atoms with Crippen molar-refractivity contribution in [3.05, 3.63) is 53.1 Å². The average Bonchev–Trinajstić information content (AvgIpc) is 2.42. The third-order valence-electron chi connectivity index (χ3n) is 2.70. The highest BCUT2D eigenvalue weighted by molar-refractivity contribution is 5.91. The van der Waals surface area contributed by atoms with Crippen LogP contribution in [0.1, 0.15) is 30.9 Å². The molecule has 0 atom stereocenters. The molecule has 0 bridgehead atoms. The van der Waals surface area contributed by atoms with Crippen molar-refractivity contribution in [2.24, 2.45) is 0 Å². The number of carboxylic acid groups (broad SMARTS) is 1. The lowest BCUT2D eigenvalue weighted by molar-refractivity contribution is -0.132. The predicted molar refractivity (Wildman–Crippen MR) is 75.4 cm³/mol. The Labute approximate surface area is 113 Å². The summed E-state index contributed by atoms with van der Waals surface area (Å²) >= 11 is 0. The summed E-state index contributed by atoms with van der Waals surface area (Å²) in [6, 6.07) is 9.75. The van der Waals surface area contributed by atoms with E-state index in [0.29, 0.717) is 0 Å². The minimum atomic E-state index is -1.21. The highest BCUT2D eigenvalue weighted by atomic mass is 16.4. The largest absolute Gasteiger partial charge is 0.477 e. The molecule has 0 saturated carbocycles. The van der Waals surface area contributed by atoms with Gasteiger partial charge in [0, 0.05) is 0 Å². The van der Waals surface area contributed by atoms with E-state index in [-0.39, 0.29) is 5.57 Å². The number of carbonyl (C=O) groups is 1. The fraction of sp³-hybridized carbons (Fsp3) is 0.250. The van der Waals surface area contributed by atoms with Crippen LogP contribution in [0, 0.1) is 11.3 Å². The van der Waals surface area contributed by atoms with Gasteiger partial charge in [0.25, 0.3) is 0 Å². The maximum absolute atomic E-state index is 10.6. The molecule has 98 valence electrons. The van der Waals surface area contributed by atoms with Crippen LogP contribution in [0.25, 0.3) is 6.08 Å². The van der Waals surface area contributed by atoms with Gasteiger partial charge < -0.3 is 5.11 Å². The molecule has 0 fully saturated rings. The molecule has 1 N–H and O–H groups in total. The third kappa shape index (κ3) is 5.22. The van der Waals surface area contributed by atoms with Crippen LogP contribution in [0.5, 0.6) is 0 Å². The van der Waals surface area contributed by atoms with Crippen molar-refractivity contribution < 1.29 is 9.90 Å². The number of hydrogen-bond donors (Lipinski definition) is 1. The van der Waals surface area contributed by atoms with Crippen LogP contribution in [0.4, 0.5) is 0 Å². The summed E-state index contributed by atoms with van der Waals surface area (Å²) in [5.74, 6) is -1.21. The Morgan fingerprint density at radius 2 is 2.05 bits per heavy atom. The second kappa shape index (κ2) is 7.88. The number of rotatable bonds is 6. The lowest BCUT2D eigenvalue weighted by atomic mass is 10.1. The topological polar surface area (TPSA) is 61.1 Å². The molecule has 3 nitrogen and oxygen atoms in total. The number of benzene rings is 1. The molecule has 1 rings (SSSR count). The van der Waals surface area contributed by atoms with Crippen molar-refractivity contribution in [3.8, 4) is 6.07 Å². The molecular weight excluding hydrogens is 238 g/mol. The number of hydrogen-bond acceptors (Lipinski definition) is 2. The monoisotopic (exact) mass is 255 g/mol. The van der Waals surface area contributed by atoms with Crippen LogP contribution in [-0.4, -0.2) is 11.1 Å². The van der Waals surface area contributed by atoms with E-state index in [1.807, 2.05) is 12.1 Å². The smallest absolute Gasteiger partial charge is 0.346 e. The van der Waals surface area contributed by atoms with Gasteiger partial charge in [-0.2, -0.15) is 5.26 Å². The molecule has 0 saturated heterocycles. The number of nitriles is 1. The van der Waals surface area contributed by atoms with Gasteiger partial charge in [0.05, 0.1) is 0 Å². The molecule has 0 unspecified atom stereocenters. The zero-order chi connectivity index (χ0) is 14.1. The van der Waals surface area contributed by atoms with E-state index < -0.39 is 5.97 Å². The van der Waals surface area contributed by atoms with Crippen LogP contribution in [0.15, 0.2) is 42.0 Å². The molecule has 0 amide bonds. The first-order chi connectivity index (χ1) is 9.17. The number of unbranched alkanes of at least 4 members (excludes halogenated alkanes) is 1. The number of aliphatic carboxylic acids is 1. The number of allylic oxidation sites excluding steroid dienone is 2. The van der Waals surface area contributed by atoms with E-state index in [9.17, 15) is 4.79 Å². The summed E-state index contributed by atoms with van der Waals surface area (Å²) in [6.45, 7) is 2.17. The second-order valence-corrected chi connectivity index (χ2v) is 4.20. The van der Waals surface area contributed by atoms with E-state index in [1.54, 1.807) is 18.2 Å². The standard InChI is InChI=1S/C16H17NO2/c1-2-3-5-13-8-10-14(11-9-13)6-4-7-15(12-17)16(18)19/h4,6-11H,2-3,5H2,1H3,(H,18,19)/b6-4+,15-7+. The fourth-order valence-corrected chi connectivity index (χ4v) is 1.59. The van der Waals surface area contributed by atoms with Crippen molar-refractivity contribution in [2.75, 3.05) is 0 Å². The molecule has 0 heterocycles. The Morgan fingerprint density at radius 3 is 2.58 bits per heavy atom. The van der Waals surface area contributed by atoms with Crippen molar-refractivity contribution in [2.45, 2.75) is 26.2 Å². The maximum Gasteiger partial charge on any atom is 0.346 e. The quantitative estimate of drug-likeness (QED) is 0.480. The van der Waals surface area contributed by atoms with Crippen molar-refractivity contribution in [1.29, 1.82) is 5.26 Å². The SMILES string of the molecule is CCCCc1ccc(/C=C/C=C(\C#N)C(=O)O)cc1. The van der Waals surface area contributed by atoms with E-state index in [2.05, 4.69) is 19.1 Å². The zero-order valence-corrected chi connectivity index (χ0v) is 11.0. The molecule has 3 heteroatoms. The summed E-state index contributed by atoms with van der Waals surface area (Å²) in [4.78, 5) is 10.6. The summed E-state index contributed by atoms with van der Waals surface area (Å²) in [7, 11) is 0. The summed E-state index contributed by atoms with van der Waals surface area (Å²) in [6.07, 6.45) is 8.10. The molecule has 0 aliphatic rings. The van der Waals surface area contributed by atoms with E-state index in [4.69, 9.17) is 10.4 Å². The maximum atomic E-state index is 10.6. The highest BCUT2D eigenvalue weighted by Gasteiger charge is 2.02. The molecule has 1 aromatic rings. The average molecular weight is 255 g/mol. The normalized spacial score (nSPS) is 11.5. The minimum absolute atomic E-state index is 0.268. The van der Waals surface area contributed by atoms with E-state index in [1.165, 1.54) is 24.5 Å².